The van der Waals surface area contributed by atoms with E-state index in [0.717, 1.165) is 35.2 Å². The van der Waals surface area contributed by atoms with Gasteiger partial charge in [0.15, 0.2) is 0 Å². The molecule has 3 rings (SSSR count). The first-order valence-corrected chi connectivity index (χ1v) is 7.91. The molecule has 4 heteroatoms. The normalized spacial score (nSPS) is 16.5. The van der Waals surface area contributed by atoms with Crippen LogP contribution in [0.1, 0.15) is 29.7 Å². The lowest BCUT2D eigenvalue weighted by atomic mass is 9.95. The lowest BCUT2D eigenvalue weighted by Gasteiger charge is -2.34. The molecule has 0 saturated heterocycles. The average Bonchev–Trinajstić information content (AvgIpc) is 2.46. The Hall–Kier alpha value is -1.39. The summed E-state index contributed by atoms with van der Waals surface area (Å²) in [5.74, 6) is -0.157. The van der Waals surface area contributed by atoms with Gasteiger partial charge in [0, 0.05) is 34.9 Å². The number of hydrogen-bond donors (Lipinski definition) is 1. The van der Waals surface area contributed by atoms with Gasteiger partial charge in [-0.15, -0.1) is 0 Å². The van der Waals surface area contributed by atoms with Crippen molar-refractivity contribution in [3.8, 4) is 0 Å². The van der Waals surface area contributed by atoms with Crippen molar-refractivity contribution in [2.75, 3.05) is 12.3 Å². The Morgan fingerprint density at radius 1 is 1.29 bits per heavy atom. The first-order valence-electron chi connectivity index (χ1n) is 7.11. The Labute approximate surface area is 132 Å². The summed E-state index contributed by atoms with van der Waals surface area (Å²) in [4.78, 5) is 2.30. The van der Waals surface area contributed by atoms with Crippen molar-refractivity contribution in [3.63, 3.8) is 0 Å². The quantitative estimate of drug-likeness (QED) is 0.820. The Morgan fingerprint density at radius 3 is 2.86 bits per heavy atom. The highest BCUT2D eigenvalue weighted by Gasteiger charge is 2.24. The van der Waals surface area contributed by atoms with Gasteiger partial charge >= 0.3 is 0 Å². The molecular formula is C17H18BrFN2. The van der Waals surface area contributed by atoms with Crippen LogP contribution in [0.25, 0.3) is 0 Å². The highest BCUT2D eigenvalue weighted by molar-refractivity contribution is 9.10. The Balaban J connectivity index is 1.85. The number of hydrogen-bond acceptors (Lipinski definition) is 2. The summed E-state index contributed by atoms with van der Waals surface area (Å²) >= 11 is 3.30. The fourth-order valence-corrected chi connectivity index (χ4v) is 3.36. The van der Waals surface area contributed by atoms with Crippen molar-refractivity contribution < 1.29 is 4.39 Å². The molecule has 0 spiro atoms. The second-order valence-corrected chi connectivity index (χ2v) is 6.46. The molecule has 2 nitrogen and oxygen atoms in total. The Kier molecular flexibility index (Phi) is 4.00. The summed E-state index contributed by atoms with van der Waals surface area (Å²) in [6, 6.07) is 11.4. The van der Waals surface area contributed by atoms with Crippen LogP contribution in [0.4, 0.5) is 10.1 Å². The van der Waals surface area contributed by atoms with Gasteiger partial charge in [-0.3, -0.25) is 4.90 Å². The zero-order chi connectivity index (χ0) is 15.0. The van der Waals surface area contributed by atoms with Gasteiger partial charge in [-0.25, -0.2) is 4.39 Å². The minimum Gasteiger partial charge on any atom is -0.398 e. The molecule has 0 aromatic heterocycles. The van der Waals surface area contributed by atoms with Gasteiger partial charge in [0.2, 0.25) is 0 Å². The summed E-state index contributed by atoms with van der Waals surface area (Å²) < 4.78 is 14.9. The summed E-state index contributed by atoms with van der Waals surface area (Å²) in [5.41, 5.74) is 10.1. The van der Waals surface area contributed by atoms with Crippen LogP contribution >= 0.6 is 15.9 Å². The van der Waals surface area contributed by atoms with Crippen molar-refractivity contribution in [2.24, 2.45) is 0 Å². The molecule has 0 fully saturated rings. The van der Waals surface area contributed by atoms with Crippen LogP contribution in [0.2, 0.25) is 0 Å². The maximum atomic E-state index is 14.1. The van der Waals surface area contributed by atoms with Crippen LogP contribution in [-0.2, 0) is 13.0 Å². The molecule has 2 N–H and O–H groups in total. The molecule has 0 bridgehead atoms. The third-order valence-corrected chi connectivity index (χ3v) is 4.79. The number of fused-ring (bicyclic) bond motifs is 1. The van der Waals surface area contributed by atoms with E-state index >= 15 is 0 Å². The molecule has 0 aliphatic carbocycles. The van der Waals surface area contributed by atoms with Crippen LogP contribution in [0.15, 0.2) is 40.9 Å². The molecule has 2 aromatic rings. The molecule has 1 atom stereocenters. The van der Waals surface area contributed by atoms with Gasteiger partial charge in [-0.2, -0.15) is 0 Å². The van der Waals surface area contributed by atoms with Crippen molar-refractivity contribution in [1.29, 1.82) is 0 Å². The van der Waals surface area contributed by atoms with E-state index < -0.39 is 0 Å². The molecule has 1 aliphatic rings. The van der Waals surface area contributed by atoms with Gasteiger partial charge in [-0.1, -0.05) is 34.1 Å². The second kappa shape index (κ2) is 5.78. The molecule has 0 saturated carbocycles. The third-order valence-electron chi connectivity index (χ3n) is 4.29. The van der Waals surface area contributed by atoms with Gasteiger partial charge < -0.3 is 5.73 Å². The van der Waals surface area contributed by atoms with Gasteiger partial charge in [-0.05, 0) is 42.7 Å². The number of nitrogen functional groups attached to an aromatic ring is 1. The average molecular weight is 349 g/mol. The van der Waals surface area contributed by atoms with E-state index in [0.29, 0.717) is 0 Å². The first kappa shape index (κ1) is 14.5. The molecule has 0 radical (unpaired) electrons. The summed E-state index contributed by atoms with van der Waals surface area (Å²) in [6.45, 7) is 3.78. The van der Waals surface area contributed by atoms with Crippen LogP contribution in [-0.4, -0.2) is 11.4 Å². The highest BCUT2D eigenvalue weighted by Crippen LogP contribution is 2.31. The van der Waals surface area contributed by atoms with Crippen LogP contribution in [0, 0.1) is 5.82 Å². The van der Waals surface area contributed by atoms with E-state index in [4.69, 9.17) is 5.73 Å². The summed E-state index contributed by atoms with van der Waals surface area (Å²) in [7, 11) is 0. The number of benzene rings is 2. The largest absolute Gasteiger partial charge is 0.398 e. The van der Waals surface area contributed by atoms with Crippen LogP contribution < -0.4 is 5.73 Å². The smallest absolute Gasteiger partial charge is 0.129 e. The lowest BCUT2D eigenvalue weighted by Crippen LogP contribution is -2.33. The summed E-state index contributed by atoms with van der Waals surface area (Å²) in [5, 5.41) is 0. The standard InChI is InChI=1S/C17H18BrFN2/c1-11(14-6-5-13(18)9-16(14)19)21-8-7-15-12(10-21)3-2-4-17(15)20/h2-6,9,11H,7-8,10,20H2,1H3. The molecule has 21 heavy (non-hydrogen) atoms. The molecule has 110 valence electrons. The van der Waals surface area contributed by atoms with Crippen LogP contribution in [0.5, 0.6) is 0 Å². The maximum Gasteiger partial charge on any atom is 0.129 e. The highest BCUT2D eigenvalue weighted by atomic mass is 79.9. The molecule has 1 unspecified atom stereocenters. The zero-order valence-corrected chi connectivity index (χ0v) is 13.5. The summed E-state index contributed by atoms with van der Waals surface area (Å²) in [6.07, 6.45) is 0.921. The lowest BCUT2D eigenvalue weighted by molar-refractivity contribution is 0.189. The van der Waals surface area contributed by atoms with E-state index in [1.54, 1.807) is 0 Å². The Morgan fingerprint density at radius 2 is 2.10 bits per heavy atom. The molecule has 1 aliphatic heterocycles. The van der Waals surface area contributed by atoms with Crippen molar-refractivity contribution >= 4 is 21.6 Å². The topological polar surface area (TPSA) is 29.3 Å². The van der Waals surface area contributed by atoms with Gasteiger partial charge in [0.25, 0.3) is 0 Å². The second-order valence-electron chi connectivity index (χ2n) is 5.55. The predicted octanol–water partition coefficient (Wildman–Crippen LogP) is 4.29. The monoisotopic (exact) mass is 348 g/mol. The van der Waals surface area contributed by atoms with Crippen molar-refractivity contribution in [2.45, 2.75) is 25.9 Å². The van der Waals surface area contributed by atoms with Crippen LogP contribution in [0.3, 0.4) is 0 Å². The van der Waals surface area contributed by atoms with Gasteiger partial charge in [0.05, 0.1) is 0 Å². The predicted molar refractivity (Wildman–Crippen MR) is 87.5 cm³/mol. The molecule has 0 amide bonds. The number of nitrogens with two attached hydrogens (primary N) is 1. The minimum absolute atomic E-state index is 0.0488. The van der Waals surface area contributed by atoms with E-state index in [1.807, 2.05) is 24.3 Å². The SMILES string of the molecule is CC(c1ccc(Br)cc1F)N1CCc2c(N)cccc2C1. The van der Waals surface area contributed by atoms with Crippen molar-refractivity contribution in [3.05, 3.63) is 63.4 Å². The first-order chi connectivity index (χ1) is 10.1. The van der Waals surface area contributed by atoms with E-state index in [2.05, 4.69) is 33.8 Å². The zero-order valence-electron chi connectivity index (χ0n) is 11.9. The fourth-order valence-electron chi connectivity index (χ4n) is 3.03. The molecule has 2 aromatic carbocycles. The van der Waals surface area contributed by atoms with E-state index in [-0.39, 0.29) is 11.9 Å². The van der Waals surface area contributed by atoms with Gasteiger partial charge in [0.1, 0.15) is 5.82 Å². The van der Waals surface area contributed by atoms with E-state index in [1.165, 1.54) is 17.2 Å². The fraction of sp³-hybridized carbons (Fsp3) is 0.294. The maximum absolute atomic E-state index is 14.1. The number of rotatable bonds is 2. The van der Waals surface area contributed by atoms with Crippen molar-refractivity contribution in [1.82, 2.24) is 4.90 Å². The number of anilines is 1. The molecule has 1 heterocycles. The number of nitrogens with zero attached hydrogens (tertiary/aromatic N) is 1. The third kappa shape index (κ3) is 2.83. The number of halogens is 2. The molecular weight excluding hydrogens is 331 g/mol. The van der Waals surface area contributed by atoms with E-state index in [9.17, 15) is 4.39 Å². The Bertz CT molecular complexity index is 672. The minimum atomic E-state index is -0.157.